The van der Waals surface area contributed by atoms with Crippen LogP contribution >= 0.6 is 0 Å². The lowest BCUT2D eigenvalue weighted by Crippen LogP contribution is -2.35. The van der Waals surface area contributed by atoms with E-state index < -0.39 is 34.0 Å². The molecule has 0 spiro atoms. The zero-order valence-electron chi connectivity index (χ0n) is 11.3. The highest BCUT2D eigenvalue weighted by Gasteiger charge is 2.23. The number of rotatable bonds is 4. The Hall–Kier alpha value is -0.880. The van der Waals surface area contributed by atoms with Gasteiger partial charge in [0.05, 0.1) is 15.7 Å². The maximum Gasteiger partial charge on any atom is 0.263 e. The molecule has 1 aromatic rings. The maximum atomic E-state index is 13.7. The lowest BCUT2D eigenvalue weighted by molar-refractivity contribution is 0.151. The molecule has 1 rings (SSSR count). The van der Waals surface area contributed by atoms with E-state index in [4.69, 9.17) is 0 Å². The maximum absolute atomic E-state index is 13.7. The van der Waals surface area contributed by atoms with Crippen LogP contribution in [0.1, 0.15) is 51.3 Å². The summed E-state index contributed by atoms with van der Waals surface area (Å²) in [7, 11) is -1.36. The molecule has 2 nitrogen and oxygen atoms in total. The minimum atomic E-state index is -2.70. The monoisotopic (exact) mass is 293 g/mol. The molecule has 0 amide bonds. The first-order valence-corrected chi connectivity index (χ1v) is 7.03. The molecule has 1 N–H and O–H groups in total. The molecule has 0 saturated heterocycles. The van der Waals surface area contributed by atoms with E-state index in [-0.39, 0.29) is 11.1 Å². The van der Waals surface area contributed by atoms with Gasteiger partial charge in [-0.05, 0) is 33.8 Å². The summed E-state index contributed by atoms with van der Waals surface area (Å²) in [6, 6.07) is 2.78. The number of benzene rings is 1. The largest absolute Gasteiger partial charge is 0.263 e. The van der Waals surface area contributed by atoms with E-state index in [0.717, 1.165) is 6.07 Å². The SMILES string of the molecule is C[C@H](N[S@](=O)C(C)(C)C)c1ccc(C(F)F)cc1F. The fourth-order valence-electron chi connectivity index (χ4n) is 1.43. The summed E-state index contributed by atoms with van der Waals surface area (Å²) in [6.45, 7) is 7.02. The predicted octanol–water partition coefficient (Wildman–Crippen LogP) is 3.88. The Morgan fingerprint density at radius 2 is 1.84 bits per heavy atom. The highest BCUT2D eigenvalue weighted by Crippen LogP contribution is 2.25. The van der Waals surface area contributed by atoms with E-state index in [1.165, 1.54) is 12.1 Å². The van der Waals surface area contributed by atoms with E-state index in [0.29, 0.717) is 0 Å². The molecule has 19 heavy (non-hydrogen) atoms. The molecule has 0 saturated carbocycles. The van der Waals surface area contributed by atoms with Crippen molar-refractivity contribution in [1.82, 2.24) is 4.72 Å². The van der Waals surface area contributed by atoms with Crippen molar-refractivity contribution >= 4 is 11.0 Å². The first kappa shape index (κ1) is 16.2. The van der Waals surface area contributed by atoms with Gasteiger partial charge in [-0.25, -0.2) is 22.1 Å². The number of nitrogens with one attached hydrogen (secondary N) is 1. The van der Waals surface area contributed by atoms with E-state index in [1.54, 1.807) is 27.7 Å². The molecule has 6 heteroatoms. The van der Waals surface area contributed by atoms with Gasteiger partial charge in [-0.3, -0.25) is 0 Å². The predicted molar refractivity (Wildman–Crippen MR) is 70.8 cm³/mol. The van der Waals surface area contributed by atoms with Gasteiger partial charge in [0.1, 0.15) is 5.82 Å². The Kier molecular flexibility index (Phi) is 5.15. The second-order valence-electron chi connectivity index (χ2n) is 5.30. The molecule has 0 aromatic heterocycles. The van der Waals surface area contributed by atoms with Crippen LogP contribution in [0, 0.1) is 5.82 Å². The van der Waals surface area contributed by atoms with Crippen LogP contribution in [0.25, 0.3) is 0 Å². The number of hydrogen-bond donors (Lipinski definition) is 1. The minimum Gasteiger partial charge on any atom is -0.242 e. The Bertz CT molecular complexity index is 471. The molecule has 0 unspecified atom stereocenters. The molecule has 1 aromatic carbocycles. The molecule has 0 aliphatic carbocycles. The van der Waals surface area contributed by atoms with Crippen molar-refractivity contribution in [2.75, 3.05) is 0 Å². The lowest BCUT2D eigenvalue weighted by Gasteiger charge is -2.22. The molecule has 0 radical (unpaired) electrons. The van der Waals surface area contributed by atoms with E-state index in [2.05, 4.69) is 4.72 Å². The highest BCUT2D eigenvalue weighted by atomic mass is 32.2. The molecule has 0 bridgehead atoms. The summed E-state index contributed by atoms with van der Waals surface area (Å²) in [5, 5.41) is 0. The number of hydrogen-bond acceptors (Lipinski definition) is 1. The van der Waals surface area contributed by atoms with Gasteiger partial charge in [-0.15, -0.1) is 0 Å². The van der Waals surface area contributed by atoms with Crippen molar-refractivity contribution in [3.63, 3.8) is 0 Å². The molecule has 0 fully saturated rings. The second-order valence-corrected chi connectivity index (χ2v) is 7.30. The third-order valence-electron chi connectivity index (χ3n) is 2.58. The van der Waals surface area contributed by atoms with Crippen molar-refractivity contribution in [1.29, 1.82) is 0 Å². The zero-order valence-corrected chi connectivity index (χ0v) is 12.2. The van der Waals surface area contributed by atoms with E-state index in [1.807, 2.05) is 0 Å². The second kappa shape index (κ2) is 6.05. The minimum absolute atomic E-state index is 0.224. The Balaban J connectivity index is 2.89. The lowest BCUT2D eigenvalue weighted by atomic mass is 10.1. The van der Waals surface area contributed by atoms with Gasteiger partial charge in [0.15, 0.2) is 0 Å². The molecule has 0 heterocycles. The number of alkyl halides is 2. The first-order valence-electron chi connectivity index (χ1n) is 5.88. The van der Waals surface area contributed by atoms with Crippen LogP contribution < -0.4 is 4.72 Å². The van der Waals surface area contributed by atoms with Crippen molar-refractivity contribution in [3.8, 4) is 0 Å². The Labute approximate surface area is 114 Å². The number of halogens is 3. The van der Waals surface area contributed by atoms with Crippen LogP contribution in [0.2, 0.25) is 0 Å². The Morgan fingerprint density at radius 1 is 1.26 bits per heavy atom. The van der Waals surface area contributed by atoms with Crippen LogP contribution in [-0.2, 0) is 11.0 Å². The third-order valence-corrected chi connectivity index (χ3v) is 4.26. The van der Waals surface area contributed by atoms with Crippen molar-refractivity contribution in [2.24, 2.45) is 0 Å². The molecule has 0 aliphatic heterocycles. The van der Waals surface area contributed by atoms with E-state index in [9.17, 15) is 17.4 Å². The van der Waals surface area contributed by atoms with Crippen LogP contribution in [0.4, 0.5) is 13.2 Å². The summed E-state index contributed by atoms with van der Waals surface area (Å²) in [5.41, 5.74) is -0.132. The van der Waals surface area contributed by atoms with Crippen LogP contribution in [0.5, 0.6) is 0 Å². The fourth-order valence-corrected chi connectivity index (χ4v) is 2.23. The normalized spacial score (nSPS) is 15.6. The van der Waals surface area contributed by atoms with Gasteiger partial charge in [0, 0.05) is 17.2 Å². The van der Waals surface area contributed by atoms with Crippen LogP contribution in [0.3, 0.4) is 0 Å². The highest BCUT2D eigenvalue weighted by molar-refractivity contribution is 7.84. The van der Waals surface area contributed by atoms with Gasteiger partial charge in [0.2, 0.25) is 0 Å². The summed E-state index contributed by atoms with van der Waals surface area (Å²) in [6.07, 6.45) is -2.70. The van der Waals surface area contributed by atoms with Gasteiger partial charge in [0.25, 0.3) is 6.43 Å². The summed E-state index contributed by atoms with van der Waals surface area (Å²) in [5.74, 6) is -0.719. The van der Waals surface area contributed by atoms with Crippen molar-refractivity contribution in [2.45, 2.75) is 44.9 Å². The van der Waals surface area contributed by atoms with Gasteiger partial charge >= 0.3 is 0 Å². The Morgan fingerprint density at radius 3 is 2.26 bits per heavy atom. The molecule has 108 valence electrons. The standard InChI is InChI=1S/C13H18F3NOS/c1-8(17-19(18)13(2,3)4)10-6-5-9(12(15)16)7-11(10)14/h5-8,12,17H,1-4H3/t8-,19+/m0/s1. The fraction of sp³-hybridized carbons (Fsp3) is 0.538. The van der Waals surface area contributed by atoms with Crippen molar-refractivity contribution in [3.05, 3.63) is 35.1 Å². The summed E-state index contributed by atoms with van der Waals surface area (Å²) < 4.78 is 52.8. The first-order chi connectivity index (χ1) is 8.62. The molecule has 2 atom stereocenters. The molecular formula is C13H18F3NOS. The molecular weight excluding hydrogens is 275 g/mol. The zero-order chi connectivity index (χ0) is 14.8. The quantitative estimate of drug-likeness (QED) is 0.897. The summed E-state index contributed by atoms with van der Waals surface area (Å²) >= 11 is 0. The van der Waals surface area contributed by atoms with Crippen LogP contribution in [0.15, 0.2) is 18.2 Å². The van der Waals surface area contributed by atoms with Gasteiger partial charge < -0.3 is 0 Å². The third kappa shape index (κ3) is 4.31. The van der Waals surface area contributed by atoms with Gasteiger partial charge in [-0.2, -0.15) is 0 Å². The average Bonchev–Trinajstić information content (AvgIpc) is 2.26. The van der Waals surface area contributed by atoms with Gasteiger partial charge in [-0.1, -0.05) is 12.1 Å². The topological polar surface area (TPSA) is 29.1 Å². The summed E-state index contributed by atoms with van der Waals surface area (Å²) in [4.78, 5) is 0. The average molecular weight is 293 g/mol. The van der Waals surface area contributed by atoms with E-state index >= 15 is 0 Å². The van der Waals surface area contributed by atoms with Crippen LogP contribution in [-0.4, -0.2) is 8.96 Å². The van der Waals surface area contributed by atoms with Crippen molar-refractivity contribution < 1.29 is 17.4 Å². The smallest absolute Gasteiger partial charge is 0.242 e. The molecule has 0 aliphatic rings.